The molecule has 2 amide bonds. The molecule has 4 aliphatic rings. The van der Waals surface area contributed by atoms with Gasteiger partial charge < -0.3 is 20.6 Å². The van der Waals surface area contributed by atoms with Gasteiger partial charge in [0.05, 0.1) is 29.6 Å². The van der Waals surface area contributed by atoms with Gasteiger partial charge in [0.2, 0.25) is 11.8 Å². The molecule has 3 N–H and O–H groups in total. The highest BCUT2D eigenvalue weighted by Crippen LogP contribution is 2.52. The van der Waals surface area contributed by atoms with Crippen LogP contribution in [0.5, 0.6) is 0 Å². The monoisotopic (exact) mass is 531 g/mol. The Bertz CT molecular complexity index is 1820. The highest BCUT2D eigenvalue weighted by atomic mass is 16.4. The molecule has 4 aromatic rings. The van der Waals surface area contributed by atoms with Gasteiger partial charge in [-0.15, -0.1) is 0 Å². The van der Waals surface area contributed by atoms with Gasteiger partial charge in [0.15, 0.2) is 0 Å². The summed E-state index contributed by atoms with van der Waals surface area (Å²) in [6, 6.07) is 17.9. The molecule has 1 spiro atoms. The molecule has 2 aromatic heterocycles. The number of benzene rings is 2. The van der Waals surface area contributed by atoms with Gasteiger partial charge in [0.1, 0.15) is 5.82 Å². The van der Waals surface area contributed by atoms with Crippen molar-refractivity contribution in [1.29, 1.82) is 0 Å². The van der Waals surface area contributed by atoms with Crippen LogP contribution < -0.4 is 15.5 Å². The molecular formula is C31H25N5O4. The zero-order valence-electron chi connectivity index (χ0n) is 21.5. The van der Waals surface area contributed by atoms with Crippen LogP contribution in [0.4, 0.5) is 17.2 Å². The lowest BCUT2D eigenvalue weighted by Crippen LogP contribution is -2.41. The van der Waals surface area contributed by atoms with E-state index in [9.17, 15) is 19.5 Å². The Labute approximate surface area is 229 Å². The number of hydrogen-bond donors (Lipinski definition) is 3. The van der Waals surface area contributed by atoms with E-state index in [1.165, 1.54) is 0 Å². The Kier molecular flexibility index (Phi) is 4.55. The molecule has 2 aromatic carbocycles. The van der Waals surface area contributed by atoms with Crippen LogP contribution in [-0.2, 0) is 44.6 Å². The molecule has 0 radical (unpaired) electrons. The summed E-state index contributed by atoms with van der Waals surface area (Å²) in [6.45, 7) is 0.929. The third-order valence-electron chi connectivity index (χ3n) is 9.07. The molecule has 40 heavy (non-hydrogen) atoms. The van der Waals surface area contributed by atoms with Crippen LogP contribution in [0, 0.1) is 0 Å². The van der Waals surface area contributed by atoms with E-state index >= 15 is 0 Å². The first-order valence-electron chi connectivity index (χ1n) is 13.4. The predicted molar refractivity (Wildman–Crippen MR) is 148 cm³/mol. The van der Waals surface area contributed by atoms with E-state index in [0.29, 0.717) is 37.4 Å². The van der Waals surface area contributed by atoms with Crippen LogP contribution in [0.2, 0.25) is 0 Å². The lowest BCUT2D eigenvalue weighted by molar-refractivity contribution is -0.138. The third-order valence-corrected chi connectivity index (χ3v) is 9.07. The molecule has 198 valence electrons. The van der Waals surface area contributed by atoms with Crippen molar-refractivity contribution in [3.8, 4) is 0 Å². The van der Waals surface area contributed by atoms with Crippen LogP contribution in [0.1, 0.15) is 40.8 Å². The predicted octanol–water partition coefficient (Wildman–Crippen LogP) is 3.69. The largest absolute Gasteiger partial charge is 0.481 e. The molecule has 0 saturated carbocycles. The second kappa shape index (κ2) is 7.88. The minimum atomic E-state index is -0.915. The van der Waals surface area contributed by atoms with Crippen LogP contribution in [-0.4, -0.2) is 39.4 Å². The van der Waals surface area contributed by atoms with Gasteiger partial charge in [-0.05, 0) is 60.4 Å². The number of amides is 2. The fraction of sp³-hybridized carbons (Fsp3) is 0.258. The first kappa shape index (κ1) is 23.1. The van der Waals surface area contributed by atoms with Crippen LogP contribution in [0.3, 0.4) is 0 Å². The normalized spacial score (nSPS) is 23.6. The maximum atomic E-state index is 13.1. The van der Waals surface area contributed by atoms with Gasteiger partial charge in [-0.3, -0.25) is 19.4 Å². The standard InChI is InChI=1S/C31H25N5O4/c37-25-13-30(14-26(38)39)16-36(24-5-1-4-22(34-25)27(24)30)15-20-7-6-17-9-18-11-31(12-19(18)10-23(17)33-20)21-3-2-8-32-28(21)35-29(31)40/h1-10H,11-16H2,(H,34,37)(H,38,39)(H,32,35,40)/t30?,31-/m0/s1. The Hall–Kier alpha value is -4.79. The number of pyridine rings is 2. The molecule has 0 bridgehead atoms. The van der Waals surface area contributed by atoms with E-state index < -0.39 is 16.8 Å². The Morgan fingerprint density at radius 3 is 2.70 bits per heavy atom. The van der Waals surface area contributed by atoms with Crippen molar-refractivity contribution in [3.63, 3.8) is 0 Å². The van der Waals surface area contributed by atoms with E-state index in [1.54, 1.807) is 6.20 Å². The molecule has 0 saturated heterocycles. The maximum Gasteiger partial charge on any atom is 0.304 e. The van der Waals surface area contributed by atoms with Crippen molar-refractivity contribution in [2.75, 3.05) is 22.1 Å². The lowest BCUT2D eigenvalue weighted by atomic mass is 9.73. The summed E-state index contributed by atoms with van der Waals surface area (Å²) in [5, 5.41) is 16.6. The lowest BCUT2D eigenvalue weighted by Gasteiger charge is -2.33. The molecule has 1 aliphatic carbocycles. The molecule has 9 heteroatoms. The minimum absolute atomic E-state index is 0.00246. The number of carboxylic acid groups (broad SMARTS) is 1. The summed E-state index contributed by atoms with van der Waals surface area (Å²) in [5.41, 5.74) is 6.10. The first-order chi connectivity index (χ1) is 19.3. The van der Waals surface area contributed by atoms with Crippen molar-refractivity contribution in [1.82, 2.24) is 9.97 Å². The van der Waals surface area contributed by atoms with Gasteiger partial charge >= 0.3 is 5.97 Å². The molecule has 9 nitrogen and oxygen atoms in total. The van der Waals surface area contributed by atoms with Crippen LogP contribution in [0.15, 0.2) is 60.8 Å². The summed E-state index contributed by atoms with van der Waals surface area (Å²) >= 11 is 0. The van der Waals surface area contributed by atoms with E-state index in [2.05, 4.69) is 38.7 Å². The zero-order valence-corrected chi connectivity index (χ0v) is 21.5. The Morgan fingerprint density at radius 1 is 1.00 bits per heavy atom. The summed E-state index contributed by atoms with van der Waals surface area (Å²) in [5.74, 6) is -0.420. The molecule has 1 unspecified atom stereocenters. The maximum absolute atomic E-state index is 13.1. The number of carboxylic acids is 1. The number of aliphatic carboxylic acids is 1. The van der Waals surface area contributed by atoms with Crippen LogP contribution >= 0.6 is 0 Å². The van der Waals surface area contributed by atoms with Crippen molar-refractivity contribution >= 4 is 45.9 Å². The van der Waals surface area contributed by atoms with Crippen molar-refractivity contribution < 1.29 is 19.5 Å². The van der Waals surface area contributed by atoms with Gasteiger partial charge in [0.25, 0.3) is 0 Å². The molecule has 3 aliphatic heterocycles. The highest BCUT2D eigenvalue weighted by molar-refractivity contribution is 6.06. The van der Waals surface area contributed by atoms with E-state index in [0.717, 1.165) is 44.5 Å². The molecule has 0 fully saturated rings. The number of anilines is 3. The molecule has 5 heterocycles. The van der Waals surface area contributed by atoms with Gasteiger partial charge in [-0.2, -0.15) is 0 Å². The minimum Gasteiger partial charge on any atom is -0.481 e. The van der Waals surface area contributed by atoms with Crippen molar-refractivity contribution in [2.24, 2.45) is 0 Å². The second-order valence-electron chi connectivity index (χ2n) is 11.5. The summed E-state index contributed by atoms with van der Waals surface area (Å²) in [7, 11) is 0. The number of hydrogen-bond acceptors (Lipinski definition) is 6. The number of aromatic nitrogens is 2. The van der Waals surface area contributed by atoms with Gasteiger partial charge in [0, 0.05) is 52.5 Å². The third kappa shape index (κ3) is 3.17. The van der Waals surface area contributed by atoms with E-state index in [4.69, 9.17) is 4.98 Å². The molecular weight excluding hydrogens is 506 g/mol. The van der Waals surface area contributed by atoms with Gasteiger partial charge in [-0.25, -0.2) is 4.98 Å². The average Bonchev–Trinajstić information content (AvgIpc) is 3.52. The molecule has 2 atom stereocenters. The first-order valence-corrected chi connectivity index (χ1v) is 13.4. The number of rotatable bonds is 4. The average molecular weight is 532 g/mol. The van der Waals surface area contributed by atoms with E-state index in [1.807, 2.05) is 36.4 Å². The zero-order chi connectivity index (χ0) is 27.2. The summed E-state index contributed by atoms with van der Waals surface area (Å²) in [4.78, 5) is 49.0. The quantitative estimate of drug-likeness (QED) is 0.367. The summed E-state index contributed by atoms with van der Waals surface area (Å²) < 4.78 is 0. The number of carbonyl (C=O) groups excluding carboxylic acids is 2. The fourth-order valence-corrected chi connectivity index (χ4v) is 7.50. The SMILES string of the molecule is O=C(O)CC12CC(=O)Nc3cccc(c31)N(Cc1ccc3cc4c(cc3n1)C[C@]1(C4)C(=O)Nc3ncccc31)C2. The number of carbonyl (C=O) groups is 3. The Morgan fingerprint density at radius 2 is 1.85 bits per heavy atom. The highest BCUT2D eigenvalue weighted by Gasteiger charge is 2.51. The van der Waals surface area contributed by atoms with E-state index in [-0.39, 0.29) is 24.7 Å². The Balaban J connectivity index is 1.13. The van der Waals surface area contributed by atoms with Crippen LogP contribution in [0.25, 0.3) is 10.9 Å². The van der Waals surface area contributed by atoms with Crippen molar-refractivity contribution in [3.05, 3.63) is 88.7 Å². The topological polar surface area (TPSA) is 125 Å². The van der Waals surface area contributed by atoms with Crippen molar-refractivity contribution in [2.45, 2.75) is 43.1 Å². The summed E-state index contributed by atoms with van der Waals surface area (Å²) in [6.07, 6.45) is 2.98. The number of nitrogens with one attached hydrogen (secondary N) is 2. The molecule has 8 rings (SSSR count). The fourth-order valence-electron chi connectivity index (χ4n) is 7.50. The number of fused-ring (bicyclic) bond motifs is 4. The smallest absolute Gasteiger partial charge is 0.304 e. The number of nitrogens with zero attached hydrogens (tertiary/aromatic N) is 3. The second-order valence-corrected chi connectivity index (χ2v) is 11.5. The van der Waals surface area contributed by atoms with Gasteiger partial charge in [-0.1, -0.05) is 18.2 Å².